The van der Waals surface area contributed by atoms with E-state index in [0.717, 1.165) is 0 Å². The second-order valence-electron chi connectivity index (χ2n) is 2.51. The molecule has 0 saturated carbocycles. The summed E-state index contributed by atoms with van der Waals surface area (Å²) in [6.45, 7) is 0. The molecule has 0 rings (SSSR count). The Hall–Kier alpha value is -1.39. The summed E-state index contributed by atoms with van der Waals surface area (Å²) >= 11 is 0. The fourth-order valence-electron chi connectivity index (χ4n) is 0.715. The van der Waals surface area contributed by atoms with Gasteiger partial charge in [0.15, 0.2) is 0 Å². The maximum atomic E-state index is 10.9. The SMILES string of the molecule is COC(=O)CCC(=O)CCC(=O)O. The summed E-state index contributed by atoms with van der Waals surface area (Å²) in [5.41, 5.74) is 0. The van der Waals surface area contributed by atoms with Gasteiger partial charge in [-0.05, 0) is 0 Å². The molecule has 0 unspecified atom stereocenters. The summed E-state index contributed by atoms with van der Waals surface area (Å²) in [4.78, 5) is 31.5. The molecular weight excluding hydrogens is 176 g/mol. The number of ether oxygens (including phenoxy) is 1. The Labute approximate surface area is 75.7 Å². The van der Waals surface area contributed by atoms with Crippen LogP contribution in [0.2, 0.25) is 0 Å². The van der Waals surface area contributed by atoms with E-state index in [1.54, 1.807) is 0 Å². The van der Waals surface area contributed by atoms with Crippen LogP contribution in [0.1, 0.15) is 25.7 Å². The first-order valence-electron chi connectivity index (χ1n) is 3.86. The van der Waals surface area contributed by atoms with Gasteiger partial charge in [-0.15, -0.1) is 0 Å². The van der Waals surface area contributed by atoms with Crippen LogP contribution in [-0.4, -0.2) is 29.9 Å². The van der Waals surface area contributed by atoms with Crippen LogP contribution in [0.4, 0.5) is 0 Å². The van der Waals surface area contributed by atoms with Gasteiger partial charge in [0.1, 0.15) is 5.78 Å². The lowest BCUT2D eigenvalue weighted by molar-refractivity contribution is -0.142. The van der Waals surface area contributed by atoms with E-state index in [2.05, 4.69) is 4.74 Å². The van der Waals surface area contributed by atoms with Gasteiger partial charge in [0.2, 0.25) is 0 Å². The number of hydrogen-bond acceptors (Lipinski definition) is 4. The van der Waals surface area contributed by atoms with Crippen LogP contribution >= 0.6 is 0 Å². The van der Waals surface area contributed by atoms with Gasteiger partial charge < -0.3 is 9.84 Å². The number of methoxy groups -OCH3 is 1. The maximum Gasteiger partial charge on any atom is 0.305 e. The molecule has 5 nitrogen and oxygen atoms in total. The monoisotopic (exact) mass is 188 g/mol. The summed E-state index contributed by atoms with van der Waals surface area (Å²) in [5, 5.41) is 8.24. The predicted octanol–water partition coefficient (Wildman–Crippen LogP) is 0.373. The zero-order valence-corrected chi connectivity index (χ0v) is 7.41. The molecule has 74 valence electrons. The number of aliphatic carboxylic acids is 1. The van der Waals surface area contributed by atoms with Crippen molar-refractivity contribution in [3.8, 4) is 0 Å². The molecule has 0 heterocycles. The van der Waals surface area contributed by atoms with Crippen LogP contribution in [0.3, 0.4) is 0 Å². The predicted molar refractivity (Wildman–Crippen MR) is 43.1 cm³/mol. The molecule has 0 amide bonds. The summed E-state index contributed by atoms with van der Waals surface area (Å²) in [7, 11) is 1.24. The minimum Gasteiger partial charge on any atom is -0.481 e. The first kappa shape index (κ1) is 11.6. The molecular formula is C8H12O5. The molecule has 0 aliphatic carbocycles. The summed E-state index contributed by atoms with van der Waals surface area (Å²) in [6.07, 6.45) is -0.124. The van der Waals surface area contributed by atoms with E-state index in [9.17, 15) is 14.4 Å². The fourth-order valence-corrected chi connectivity index (χ4v) is 0.715. The summed E-state index contributed by atoms with van der Waals surface area (Å²) < 4.78 is 4.32. The molecule has 0 aliphatic rings. The molecule has 0 aromatic carbocycles. The third-order valence-corrected chi connectivity index (χ3v) is 1.45. The van der Waals surface area contributed by atoms with Gasteiger partial charge in [-0.25, -0.2) is 0 Å². The normalized spacial score (nSPS) is 9.31. The van der Waals surface area contributed by atoms with E-state index in [-0.39, 0.29) is 31.5 Å². The zero-order valence-electron chi connectivity index (χ0n) is 7.41. The molecule has 1 N–H and O–H groups in total. The van der Waals surface area contributed by atoms with E-state index in [1.165, 1.54) is 7.11 Å². The highest BCUT2D eigenvalue weighted by atomic mass is 16.5. The lowest BCUT2D eigenvalue weighted by atomic mass is 10.1. The standard InChI is InChI=1S/C8H12O5/c1-13-8(12)5-3-6(9)2-4-7(10)11/h2-5H2,1H3,(H,10,11). The van der Waals surface area contributed by atoms with Crippen LogP contribution in [0.15, 0.2) is 0 Å². The molecule has 0 aromatic heterocycles. The minimum absolute atomic E-state index is 0.0215. The van der Waals surface area contributed by atoms with Crippen molar-refractivity contribution in [2.75, 3.05) is 7.11 Å². The first-order valence-corrected chi connectivity index (χ1v) is 3.86. The summed E-state index contributed by atoms with van der Waals surface area (Å²) in [6, 6.07) is 0. The lowest BCUT2D eigenvalue weighted by Gasteiger charge is -1.97. The number of carbonyl (C=O) groups excluding carboxylic acids is 2. The Morgan fingerprint density at radius 3 is 2.08 bits per heavy atom. The van der Waals surface area contributed by atoms with Crippen LogP contribution in [0, 0.1) is 0 Å². The van der Waals surface area contributed by atoms with Gasteiger partial charge in [-0.2, -0.15) is 0 Å². The van der Waals surface area contributed by atoms with Gasteiger partial charge in [0, 0.05) is 12.8 Å². The molecule has 13 heavy (non-hydrogen) atoms. The van der Waals surface area contributed by atoms with E-state index in [1.807, 2.05) is 0 Å². The average molecular weight is 188 g/mol. The van der Waals surface area contributed by atoms with Crippen LogP contribution in [-0.2, 0) is 19.1 Å². The Kier molecular flexibility index (Phi) is 5.50. The number of carboxylic acids is 1. The second kappa shape index (κ2) is 6.16. The summed E-state index contributed by atoms with van der Waals surface area (Å²) in [5.74, 6) is -1.69. The quantitative estimate of drug-likeness (QED) is 0.609. The van der Waals surface area contributed by atoms with Crippen molar-refractivity contribution in [3.05, 3.63) is 0 Å². The van der Waals surface area contributed by atoms with E-state index in [0.29, 0.717) is 0 Å². The van der Waals surface area contributed by atoms with E-state index in [4.69, 9.17) is 5.11 Å². The molecule has 0 aromatic rings. The Balaban J connectivity index is 3.52. The molecule has 0 atom stereocenters. The van der Waals surface area contributed by atoms with Crippen LogP contribution in [0.25, 0.3) is 0 Å². The van der Waals surface area contributed by atoms with Crippen molar-refractivity contribution in [2.24, 2.45) is 0 Å². The lowest BCUT2D eigenvalue weighted by Crippen LogP contribution is -2.07. The van der Waals surface area contributed by atoms with E-state index < -0.39 is 11.9 Å². The number of Topliss-reactive ketones (excluding diaryl/α,β-unsaturated/α-hetero) is 1. The third kappa shape index (κ3) is 6.99. The second-order valence-corrected chi connectivity index (χ2v) is 2.51. The van der Waals surface area contributed by atoms with Crippen molar-refractivity contribution in [2.45, 2.75) is 25.7 Å². The highest BCUT2D eigenvalue weighted by Crippen LogP contribution is 1.99. The third-order valence-electron chi connectivity index (χ3n) is 1.45. The van der Waals surface area contributed by atoms with Crippen LogP contribution in [0.5, 0.6) is 0 Å². The molecule has 0 bridgehead atoms. The van der Waals surface area contributed by atoms with Crippen molar-refractivity contribution in [1.82, 2.24) is 0 Å². The minimum atomic E-state index is -1.01. The number of esters is 1. The average Bonchev–Trinajstić information content (AvgIpc) is 2.10. The van der Waals surface area contributed by atoms with Gasteiger partial charge >= 0.3 is 11.9 Å². The highest BCUT2D eigenvalue weighted by molar-refractivity contribution is 5.85. The van der Waals surface area contributed by atoms with Crippen molar-refractivity contribution < 1.29 is 24.2 Å². The van der Waals surface area contributed by atoms with Crippen LogP contribution < -0.4 is 0 Å². The van der Waals surface area contributed by atoms with Gasteiger partial charge in [-0.1, -0.05) is 0 Å². The maximum absolute atomic E-state index is 10.9. The van der Waals surface area contributed by atoms with Crippen molar-refractivity contribution in [1.29, 1.82) is 0 Å². The number of carboxylic acid groups (broad SMARTS) is 1. The molecule has 0 radical (unpaired) electrons. The number of carbonyl (C=O) groups is 3. The smallest absolute Gasteiger partial charge is 0.305 e. The van der Waals surface area contributed by atoms with Gasteiger partial charge in [0.25, 0.3) is 0 Å². The highest BCUT2D eigenvalue weighted by Gasteiger charge is 2.08. The number of rotatable bonds is 6. The topological polar surface area (TPSA) is 80.7 Å². The largest absolute Gasteiger partial charge is 0.481 e. The van der Waals surface area contributed by atoms with Crippen molar-refractivity contribution >= 4 is 17.7 Å². The molecule has 0 aliphatic heterocycles. The number of hydrogen-bond donors (Lipinski definition) is 1. The Morgan fingerprint density at radius 2 is 1.62 bits per heavy atom. The first-order chi connectivity index (χ1) is 6.06. The molecule has 5 heteroatoms. The molecule has 0 spiro atoms. The van der Waals surface area contributed by atoms with E-state index >= 15 is 0 Å². The Bertz CT molecular complexity index is 209. The fraction of sp³-hybridized carbons (Fsp3) is 0.625. The number of ketones is 1. The van der Waals surface area contributed by atoms with Gasteiger partial charge in [0.05, 0.1) is 20.0 Å². The van der Waals surface area contributed by atoms with Gasteiger partial charge in [-0.3, -0.25) is 14.4 Å². The molecule has 0 fully saturated rings. The Morgan fingerprint density at radius 1 is 1.08 bits per heavy atom. The zero-order chi connectivity index (χ0) is 10.3. The molecule has 0 saturated heterocycles. The van der Waals surface area contributed by atoms with Crippen molar-refractivity contribution in [3.63, 3.8) is 0 Å².